The first-order valence-corrected chi connectivity index (χ1v) is 6.37. The minimum atomic E-state index is -0.391. The Morgan fingerprint density at radius 1 is 1.47 bits per heavy atom. The molecule has 0 saturated carbocycles. The van der Waals surface area contributed by atoms with Crippen molar-refractivity contribution in [2.24, 2.45) is 0 Å². The van der Waals surface area contributed by atoms with Crippen molar-refractivity contribution < 1.29 is 14.4 Å². The zero-order chi connectivity index (χ0) is 13.7. The van der Waals surface area contributed by atoms with Gasteiger partial charge in [0.2, 0.25) is 0 Å². The molecular formula is C13H18N2O4. The van der Waals surface area contributed by atoms with Crippen LogP contribution in [0.15, 0.2) is 18.2 Å². The lowest BCUT2D eigenvalue weighted by atomic mass is 10.1. The maximum absolute atomic E-state index is 10.8. The Morgan fingerprint density at radius 2 is 2.21 bits per heavy atom. The molecule has 1 fully saturated rings. The minimum Gasteiger partial charge on any atom is -0.490 e. The van der Waals surface area contributed by atoms with E-state index >= 15 is 0 Å². The van der Waals surface area contributed by atoms with Crippen LogP contribution in [0.4, 0.5) is 5.69 Å². The number of nitrogens with zero attached hydrogens (tertiary/aromatic N) is 1. The lowest BCUT2D eigenvalue weighted by Gasteiger charge is -2.24. The number of benzene rings is 1. The number of non-ortho nitro benzene ring substituents is 1. The maximum atomic E-state index is 10.8. The molecule has 0 amide bonds. The molecule has 1 aromatic rings. The Bertz CT molecular complexity index is 444. The topological polar surface area (TPSA) is 73.6 Å². The van der Waals surface area contributed by atoms with Crippen molar-refractivity contribution in [3.8, 4) is 5.75 Å². The Balaban J connectivity index is 2.15. The number of hydrogen-bond donors (Lipinski definition) is 1. The molecule has 2 rings (SSSR count). The smallest absolute Gasteiger partial charge is 0.270 e. The van der Waals surface area contributed by atoms with Gasteiger partial charge in [0, 0.05) is 37.1 Å². The second kappa shape index (κ2) is 6.49. The molecule has 104 valence electrons. The van der Waals surface area contributed by atoms with Crippen LogP contribution in [0.1, 0.15) is 18.4 Å². The van der Waals surface area contributed by atoms with Gasteiger partial charge in [0.1, 0.15) is 11.9 Å². The summed E-state index contributed by atoms with van der Waals surface area (Å²) in [6.07, 6.45) is 1.84. The van der Waals surface area contributed by atoms with Gasteiger partial charge in [-0.25, -0.2) is 0 Å². The van der Waals surface area contributed by atoms with Crippen LogP contribution in [0.3, 0.4) is 0 Å². The largest absolute Gasteiger partial charge is 0.490 e. The van der Waals surface area contributed by atoms with Crippen LogP contribution in [0, 0.1) is 10.1 Å². The Morgan fingerprint density at radius 3 is 2.84 bits per heavy atom. The molecule has 6 heteroatoms. The van der Waals surface area contributed by atoms with Gasteiger partial charge in [-0.2, -0.15) is 0 Å². The van der Waals surface area contributed by atoms with Crippen LogP contribution >= 0.6 is 0 Å². The van der Waals surface area contributed by atoms with Gasteiger partial charge < -0.3 is 14.8 Å². The fourth-order valence-corrected chi connectivity index (χ4v) is 2.10. The quantitative estimate of drug-likeness (QED) is 0.650. The summed E-state index contributed by atoms with van der Waals surface area (Å²) in [5.41, 5.74) is 0.896. The summed E-state index contributed by atoms with van der Waals surface area (Å²) in [5.74, 6) is 0.715. The zero-order valence-electron chi connectivity index (χ0n) is 10.9. The fourth-order valence-electron chi connectivity index (χ4n) is 2.10. The Hall–Kier alpha value is -1.66. The van der Waals surface area contributed by atoms with Gasteiger partial charge in [-0.15, -0.1) is 0 Å². The van der Waals surface area contributed by atoms with Crippen molar-refractivity contribution in [1.29, 1.82) is 0 Å². The van der Waals surface area contributed by atoms with Gasteiger partial charge in [-0.3, -0.25) is 10.1 Å². The number of nitro groups is 1. The second-order valence-electron chi connectivity index (χ2n) is 4.51. The van der Waals surface area contributed by atoms with Crippen LogP contribution in [0.25, 0.3) is 0 Å². The Labute approximate surface area is 111 Å². The van der Waals surface area contributed by atoms with E-state index in [0.29, 0.717) is 25.5 Å². The van der Waals surface area contributed by atoms with Crippen LogP contribution in [0.2, 0.25) is 0 Å². The molecule has 0 atom stereocenters. The third-order valence-electron chi connectivity index (χ3n) is 3.08. The van der Waals surface area contributed by atoms with Gasteiger partial charge in [0.05, 0.1) is 18.1 Å². The summed E-state index contributed by atoms with van der Waals surface area (Å²) in [7, 11) is 1.80. The van der Waals surface area contributed by atoms with E-state index in [-0.39, 0.29) is 11.8 Å². The average molecular weight is 266 g/mol. The number of ether oxygens (including phenoxy) is 2. The molecule has 1 aliphatic heterocycles. The zero-order valence-corrected chi connectivity index (χ0v) is 10.9. The van der Waals surface area contributed by atoms with E-state index in [4.69, 9.17) is 9.47 Å². The van der Waals surface area contributed by atoms with Gasteiger partial charge in [0.25, 0.3) is 5.69 Å². The first-order chi connectivity index (χ1) is 9.20. The van der Waals surface area contributed by atoms with Gasteiger partial charge >= 0.3 is 0 Å². The molecule has 1 heterocycles. The lowest BCUT2D eigenvalue weighted by Crippen LogP contribution is -2.26. The number of nitro benzene ring substituents is 1. The number of nitrogens with one attached hydrogen (secondary N) is 1. The van der Waals surface area contributed by atoms with Crippen molar-refractivity contribution in [3.63, 3.8) is 0 Å². The molecule has 1 aromatic carbocycles. The highest BCUT2D eigenvalue weighted by atomic mass is 16.6. The second-order valence-corrected chi connectivity index (χ2v) is 4.51. The average Bonchev–Trinajstić information content (AvgIpc) is 2.42. The van der Waals surface area contributed by atoms with E-state index in [1.165, 1.54) is 6.07 Å². The van der Waals surface area contributed by atoms with Crippen LogP contribution in [-0.4, -0.2) is 31.3 Å². The number of rotatable bonds is 5. The van der Waals surface area contributed by atoms with Crippen molar-refractivity contribution >= 4 is 5.69 Å². The van der Waals surface area contributed by atoms with E-state index in [1.54, 1.807) is 19.2 Å². The molecule has 0 bridgehead atoms. The summed E-state index contributed by atoms with van der Waals surface area (Å²) in [5, 5.41) is 13.8. The van der Waals surface area contributed by atoms with Crippen molar-refractivity contribution in [2.45, 2.75) is 25.5 Å². The molecule has 6 nitrogen and oxygen atoms in total. The first-order valence-electron chi connectivity index (χ1n) is 6.37. The van der Waals surface area contributed by atoms with Crippen molar-refractivity contribution in [1.82, 2.24) is 5.32 Å². The van der Waals surface area contributed by atoms with E-state index in [1.807, 2.05) is 0 Å². The highest BCUT2D eigenvalue weighted by Gasteiger charge is 2.18. The normalized spacial score (nSPS) is 16.3. The summed E-state index contributed by atoms with van der Waals surface area (Å²) in [6, 6.07) is 4.72. The minimum absolute atomic E-state index is 0.0876. The van der Waals surface area contributed by atoms with Crippen LogP contribution < -0.4 is 10.1 Å². The summed E-state index contributed by atoms with van der Waals surface area (Å²) < 4.78 is 11.2. The van der Waals surface area contributed by atoms with Gasteiger partial charge in [-0.05, 0) is 13.1 Å². The lowest BCUT2D eigenvalue weighted by molar-refractivity contribution is -0.384. The first kappa shape index (κ1) is 13.8. The van der Waals surface area contributed by atoms with E-state index in [9.17, 15) is 10.1 Å². The summed E-state index contributed by atoms with van der Waals surface area (Å²) in [6.45, 7) is 1.96. The predicted octanol–water partition coefficient (Wildman–Crippen LogP) is 1.87. The number of hydrogen-bond acceptors (Lipinski definition) is 5. The van der Waals surface area contributed by atoms with Gasteiger partial charge in [-0.1, -0.05) is 0 Å². The summed E-state index contributed by atoms with van der Waals surface area (Å²) in [4.78, 5) is 10.4. The standard InChI is InChI=1S/C13H18N2O4/c1-14-9-10-8-11(15(16)17)2-3-13(10)19-12-4-6-18-7-5-12/h2-3,8,12,14H,4-7,9H2,1H3. The van der Waals surface area contributed by atoms with Crippen molar-refractivity contribution in [2.75, 3.05) is 20.3 Å². The molecule has 0 radical (unpaired) electrons. The predicted molar refractivity (Wildman–Crippen MR) is 70.3 cm³/mol. The molecule has 1 saturated heterocycles. The molecule has 0 aliphatic carbocycles. The SMILES string of the molecule is CNCc1cc([N+](=O)[O-])ccc1OC1CCOCC1. The Kier molecular flexibility index (Phi) is 4.70. The van der Waals surface area contributed by atoms with Crippen molar-refractivity contribution in [3.05, 3.63) is 33.9 Å². The van der Waals surface area contributed by atoms with E-state index in [0.717, 1.165) is 18.4 Å². The third-order valence-corrected chi connectivity index (χ3v) is 3.08. The maximum Gasteiger partial charge on any atom is 0.270 e. The fraction of sp³-hybridized carbons (Fsp3) is 0.538. The molecule has 1 aliphatic rings. The molecular weight excluding hydrogens is 248 g/mol. The molecule has 0 aromatic heterocycles. The van der Waals surface area contributed by atoms with E-state index in [2.05, 4.69) is 5.32 Å². The molecule has 0 spiro atoms. The van der Waals surface area contributed by atoms with Gasteiger partial charge in [0.15, 0.2) is 0 Å². The highest BCUT2D eigenvalue weighted by Crippen LogP contribution is 2.26. The van der Waals surface area contributed by atoms with Crippen LogP contribution in [-0.2, 0) is 11.3 Å². The summed E-state index contributed by atoms with van der Waals surface area (Å²) >= 11 is 0. The third kappa shape index (κ3) is 3.65. The monoisotopic (exact) mass is 266 g/mol. The highest BCUT2D eigenvalue weighted by molar-refractivity contribution is 5.43. The molecule has 1 N–H and O–H groups in total. The molecule has 19 heavy (non-hydrogen) atoms. The molecule has 0 unspecified atom stereocenters. The van der Waals surface area contributed by atoms with Crippen LogP contribution in [0.5, 0.6) is 5.75 Å². The van der Waals surface area contributed by atoms with E-state index < -0.39 is 4.92 Å².